The molecule has 26 heavy (non-hydrogen) atoms. The van der Waals surface area contributed by atoms with Crippen molar-refractivity contribution in [2.24, 2.45) is 0 Å². The predicted octanol–water partition coefficient (Wildman–Crippen LogP) is 3.98. The number of carbonyl (C=O) groups excluding carboxylic acids is 1. The lowest BCUT2D eigenvalue weighted by atomic mass is 10.1. The van der Waals surface area contributed by atoms with Gasteiger partial charge in [-0.1, -0.05) is 0 Å². The molecule has 1 aliphatic heterocycles. The van der Waals surface area contributed by atoms with Crippen LogP contribution in [0.15, 0.2) is 42.6 Å². The zero-order valence-electron chi connectivity index (χ0n) is 14.2. The van der Waals surface area contributed by atoms with Crippen LogP contribution in [-0.4, -0.2) is 29.0 Å². The number of rotatable bonds is 1. The van der Waals surface area contributed by atoms with Gasteiger partial charge in [-0.3, -0.25) is 9.78 Å². The van der Waals surface area contributed by atoms with Crippen LogP contribution in [0, 0.1) is 6.92 Å². The van der Waals surface area contributed by atoms with Crippen LogP contribution in [0.1, 0.15) is 15.4 Å². The molecule has 1 aliphatic rings. The quantitative estimate of drug-likeness (QED) is 0.539. The van der Waals surface area contributed by atoms with Gasteiger partial charge in [0, 0.05) is 46.0 Å². The molecule has 0 saturated heterocycles. The van der Waals surface area contributed by atoms with Gasteiger partial charge in [0.05, 0.1) is 16.9 Å². The average Bonchev–Trinajstić information content (AvgIpc) is 2.94. The largest absolute Gasteiger partial charge is 0.381 e. The predicted molar refractivity (Wildman–Crippen MR) is 106 cm³/mol. The van der Waals surface area contributed by atoms with Gasteiger partial charge in [-0.15, -0.1) is 11.3 Å². The fraction of sp³-hybridized carbons (Fsp3) is 0.150. The first-order chi connectivity index (χ1) is 12.7. The highest BCUT2D eigenvalue weighted by Crippen LogP contribution is 2.40. The minimum Gasteiger partial charge on any atom is -0.381 e. The number of carbonyl (C=O) groups is 1. The summed E-state index contributed by atoms with van der Waals surface area (Å²) in [5.74, 6) is -0.00353. The van der Waals surface area contributed by atoms with Gasteiger partial charge in [-0.2, -0.15) is 0 Å². The summed E-state index contributed by atoms with van der Waals surface area (Å²) in [5.41, 5.74) is 4.81. The Morgan fingerprint density at radius 1 is 1.08 bits per heavy atom. The number of nitrogens with one attached hydrogen (secondary N) is 2. The second-order valence-electron chi connectivity index (χ2n) is 6.38. The maximum Gasteiger partial charge on any atom is 0.263 e. The number of pyridine rings is 2. The molecule has 0 unspecified atom stereocenters. The van der Waals surface area contributed by atoms with Crippen molar-refractivity contribution in [3.8, 4) is 11.3 Å². The molecule has 0 bridgehead atoms. The van der Waals surface area contributed by atoms with E-state index in [4.69, 9.17) is 4.98 Å². The number of anilines is 1. The van der Waals surface area contributed by atoms with Gasteiger partial charge in [0.2, 0.25) is 0 Å². The summed E-state index contributed by atoms with van der Waals surface area (Å²) >= 11 is 1.53. The van der Waals surface area contributed by atoms with Crippen LogP contribution in [0.4, 0.5) is 5.69 Å². The number of thiophene rings is 1. The van der Waals surface area contributed by atoms with E-state index in [1.165, 1.54) is 11.3 Å². The second-order valence-corrected chi connectivity index (χ2v) is 7.43. The van der Waals surface area contributed by atoms with Crippen LogP contribution < -0.4 is 10.6 Å². The molecular formula is C20H16N4OS. The fourth-order valence-electron chi connectivity index (χ4n) is 3.44. The van der Waals surface area contributed by atoms with Crippen molar-refractivity contribution >= 4 is 43.9 Å². The third-order valence-corrected chi connectivity index (χ3v) is 5.79. The molecule has 0 spiro atoms. The first-order valence-corrected chi connectivity index (χ1v) is 9.34. The molecular weight excluding hydrogens is 344 g/mol. The Labute approximate surface area is 154 Å². The Kier molecular flexibility index (Phi) is 3.39. The molecule has 4 heterocycles. The summed E-state index contributed by atoms with van der Waals surface area (Å²) in [6.45, 7) is 3.34. The normalized spacial score (nSPS) is 14.0. The molecule has 0 saturated carbocycles. The van der Waals surface area contributed by atoms with Crippen molar-refractivity contribution in [1.29, 1.82) is 0 Å². The number of aryl methyl sites for hydroxylation is 1. The second kappa shape index (κ2) is 5.78. The minimum atomic E-state index is -0.00353. The average molecular weight is 360 g/mol. The number of benzene rings is 1. The van der Waals surface area contributed by atoms with Crippen molar-refractivity contribution in [2.75, 3.05) is 18.4 Å². The molecule has 0 aliphatic carbocycles. The van der Waals surface area contributed by atoms with E-state index >= 15 is 0 Å². The standard InChI is InChI=1S/C20H16N4OS/c1-11-10-12(6-7-21-11)14-3-2-13-15(24-14)4-5-16-17(13)18-19(26-16)20(25)23-9-8-22-18/h2-7,10,22H,8-9H2,1H3,(H,23,25). The van der Waals surface area contributed by atoms with Crippen LogP contribution in [-0.2, 0) is 0 Å². The van der Waals surface area contributed by atoms with Crippen molar-refractivity contribution in [3.05, 3.63) is 53.2 Å². The van der Waals surface area contributed by atoms with E-state index < -0.39 is 0 Å². The lowest BCUT2D eigenvalue weighted by Gasteiger charge is -2.07. The van der Waals surface area contributed by atoms with Crippen molar-refractivity contribution in [2.45, 2.75) is 6.92 Å². The van der Waals surface area contributed by atoms with E-state index in [-0.39, 0.29) is 5.91 Å². The maximum atomic E-state index is 12.3. The van der Waals surface area contributed by atoms with E-state index in [0.29, 0.717) is 6.54 Å². The van der Waals surface area contributed by atoms with Gasteiger partial charge in [0.1, 0.15) is 4.88 Å². The lowest BCUT2D eigenvalue weighted by Crippen LogP contribution is -2.24. The van der Waals surface area contributed by atoms with E-state index in [1.54, 1.807) is 6.20 Å². The number of amides is 1. The van der Waals surface area contributed by atoms with Gasteiger partial charge in [0.25, 0.3) is 5.91 Å². The van der Waals surface area contributed by atoms with Crippen LogP contribution in [0.3, 0.4) is 0 Å². The number of hydrogen-bond donors (Lipinski definition) is 2. The topological polar surface area (TPSA) is 66.9 Å². The van der Waals surface area contributed by atoms with Crippen molar-refractivity contribution in [3.63, 3.8) is 0 Å². The van der Waals surface area contributed by atoms with Crippen molar-refractivity contribution in [1.82, 2.24) is 15.3 Å². The molecule has 3 aromatic heterocycles. The van der Waals surface area contributed by atoms with Crippen LogP contribution >= 0.6 is 11.3 Å². The first kappa shape index (κ1) is 15.3. The third kappa shape index (κ3) is 2.34. The summed E-state index contributed by atoms with van der Waals surface area (Å²) in [6, 6.07) is 12.2. The Hall–Kier alpha value is -2.99. The molecule has 0 atom stereocenters. The van der Waals surface area contributed by atoms with Gasteiger partial charge in [-0.05, 0) is 43.3 Å². The number of fused-ring (bicyclic) bond motifs is 5. The molecule has 128 valence electrons. The number of nitrogens with zero attached hydrogens (tertiary/aromatic N) is 2. The van der Waals surface area contributed by atoms with Gasteiger partial charge in [0.15, 0.2) is 0 Å². The number of hydrogen-bond acceptors (Lipinski definition) is 5. The Balaban J connectivity index is 1.75. The first-order valence-electron chi connectivity index (χ1n) is 8.52. The van der Waals surface area contributed by atoms with E-state index in [1.807, 2.05) is 31.2 Å². The van der Waals surface area contributed by atoms with Gasteiger partial charge < -0.3 is 10.6 Å². The van der Waals surface area contributed by atoms with Crippen LogP contribution in [0.5, 0.6) is 0 Å². The Bertz CT molecular complexity index is 1180. The Morgan fingerprint density at radius 2 is 1.96 bits per heavy atom. The van der Waals surface area contributed by atoms with Gasteiger partial charge >= 0.3 is 0 Å². The lowest BCUT2D eigenvalue weighted by molar-refractivity contribution is 0.0962. The highest BCUT2D eigenvalue weighted by atomic mass is 32.1. The zero-order valence-corrected chi connectivity index (χ0v) is 15.0. The number of aromatic nitrogens is 2. The highest BCUT2D eigenvalue weighted by molar-refractivity contribution is 7.21. The van der Waals surface area contributed by atoms with Crippen LogP contribution in [0.25, 0.3) is 32.2 Å². The minimum absolute atomic E-state index is 0.00353. The fourth-order valence-corrected chi connectivity index (χ4v) is 4.55. The molecule has 0 fully saturated rings. The monoisotopic (exact) mass is 360 g/mol. The van der Waals surface area contributed by atoms with E-state index in [0.717, 1.165) is 55.0 Å². The molecule has 1 amide bonds. The maximum absolute atomic E-state index is 12.3. The molecule has 0 radical (unpaired) electrons. The Morgan fingerprint density at radius 3 is 2.85 bits per heavy atom. The summed E-state index contributed by atoms with van der Waals surface area (Å²) in [5, 5.41) is 8.50. The summed E-state index contributed by atoms with van der Waals surface area (Å²) in [4.78, 5) is 22.2. The molecule has 4 aromatic rings. The van der Waals surface area contributed by atoms with E-state index in [2.05, 4.69) is 27.8 Å². The van der Waals surface area contributed by atoms with Crippen LogP contribution in [0.2, 0.25) is 0 Å². The third-order valence-electron chi connectivity index (χ3n) is 4.63. The zero-order chi connectivity index (χ0) is 17.7. The molecule has 2 N–H and O–H groups in total. The summed E-state index contributed by atoms with van der Waals surface area (Å²) in [6.07, 6.45) is 1.81. The van der Waals surface area contributed by atoms with E-state index in [9.17, 15) is 4.79 Å². The summed E-state index contributed by atoms with van der Waals surface area (Å²) in [7, 11) is 0. The molecule has 6 heteroatoms. The summed E-state index contributed by atoms with van der Waals surface area (Å²) < 4.78 is 1.10. The molecule has 5 nitrogen and oxygen atoms in total. The molecule has 5 rings (SSSR count). The molecule has 1 aromatic carbocycles. The van der Waals surface area contributed by atoms with Crippen molar-refractivity contribution < 1.29 is 4.79 Å². The SMILES string of the molecule is Cc1cc(-c2ccc3c(ccc4sc5c(c43)NCCNC5=O)n2)ccn1. The highest BCUT2D eigenvalue weighted by Gasteiger charge is 2.22. The van der Waals surface area contributed by atoms with Gasteiger partial charge in [-0.25, -0.2) is 4.98 Å². The smallest absolute Gasteiger partial charge is 0.263 e.